The molecule has 10 heteroatoms. The number of nitrogens with zero attached hydrogens (tertiary/aromatic N) is 2. The van der Waals surface area contributed by atoms with Crippen molar-refractivity contribution in [3.05, 3.63) is 127 Å². The van der Waals surface area contributed by atoms with Gasteiger partial charge in [0.1, 0.15) is 10.7 Å². The minimum Gasteiger partial charge on any atom is -0.284 e. The predicted molar refractivity (Wildman–Crippen MR) is 136 cm³/mol. The van der Waals surface area contributed by atoms with Crippen LogP contribution in [0.4, 0.5) is 10.2 Å². The van der Waals surface area contributed by atoms with Gasteiger partial charge in [-0.3, -0.25) is 9.36 Å². The molecule has 5 nitrogen and oxygen atoms in total. The number of aromatic nitrogens is 1. The van der Waals surface area contributed by atoms with Crippen molar-refractivity contribution < 1.29 is 12.8 Å². The zero-order valence-corrected chi connectivity index (χ0v) is 20.9. The number of benzene rings is 3. The van der Waals surface area contributed by atoms with Crippen molar-refractivity contribution in [2.45, 2.75) is 17.0 Å². The van der Waals surface area contributed by atoms with Crippen molar-refractivity contribution in [1.29, 1.82) is 0 Å². The van der Waals surface area contributed by atoms with Crippen LogP contribution in [0.3, 0.4) is 0 Å². The molecule has 0 N–H and O–H groups in total. The SMILES string of the molecule is O=c1cccc2n1[C@@H](c1ccc(Cl)cc1)[C@@H](c1ccc(Cl)cc1)N2S(=O)(=O)c1cccc(Cl)c1F. The Morgan fingerprint density at radius 1 is 0.714 bits per heavy atom. The molecule has 0 fully saturated rings. The van der Waals surface area contributed by atoms with Crippen molar-refractivity contribution in [2.24, 2.45) is 0 Å². The maximum Gasteiger partial charge on any atom is 0.269 e. The molecule has 0 saturated carbocycles. The van der Waals surface area contributed by atoms with E-state index in [1.165, 1.54) is 34.9 Å². The Morgan fingerprint density at radius 3 is 1.86 bits per heavy atom. The second-order valence-electron chi connectivity index (χ2n) is 7.94. The van der Waals surface area contributed by atoms with Gasteiger partial charge in [-0.1, -0.05) is 71.2 Å². The average molecular weight is 550 g/mol. The lowest BCUT2D eigenvalue weighted by molar-refractivity contribution is 0.525. The molecule has 4 aromatic rings. The van der Waals surface area contributed by atoms with Crippen LogP contribution in [0.15, 0.2) is 94.6 Å². The highest BCUT2D eigenvalue weighted by Gasteiger charge is 2.47. The van der Waals surface area contributed by atoms with Crippen molar-refractivity contribution in [2.75, 3.05) is 4.31 Å². The third-order valence-corrected chi connectivity index (χ3v) is 8.50. The molecule has 0 bridgehead atoms. The van der Waals surface area contributed by atoms with Gasteiger partial charge in [0.05, 0.1) is 17.1 Å². The number of fused-ring (bicyclic) bond motifs is 1. The van der Waals surface area contributed by atoms with Crippen molar-refractivity contribution >= 4 is 50.6 Å². The van der Waals surface area contributed by atoms with Crippen molar-refractivity contribution in [3.63, 3.8) is 0 Å². The minimum atomic E-state index is -4.52. The fourth-order valence-electron chi connectivity index (χ4n) is 4.39. The van der Waals surface area contributed by atoms with E-state index in [0.717, 1.165) is 10.4 Å². The Bertz CT molecular complexity index is 1590. The van der Waals surface area contributed by atoms with Crippen LogP contribution in [0.5, 0.6) is 0 Å². The van der Waals surface area contributed by atoms with Gasteiger partial charge in [0.25, 0.3) is 15.6 Å². The monoisotopic (exact) mass is 548 g/mol. The summed E-state index contributed by atoms with van der Waals surface area (Å²) in [5.74, 6) is -0.972. The van der Waals surface area contributed by atoms with E-state index in [9.17, 15) is 13.2 Å². The molecule has 2 heterocycles. The van der Waals surface area contributed by atoms with E-state index in [0.29, 0.717) is 21.2 Å². The summed E-state index contributed by atoms with van der Waals surface area (Å²) in [5, 5.41) is 0.619. The molecular formula is C25H16Cl3FN2O3S. The van der Waals surface area contributed by atoms with Crippen LogP contribution in [0, 0.1) is 5.82 Å². The quantitative estimate of drug-likeness (QED) is 0.292. The lowest BCUT2D eigenvalue weighted by Crippen LogP contribution is -2.34. The Labute approximate surface area is 216 Å². The Kier molecular flexibility index (Phi) is 6.13. The number of hydrogen-bond acceptors (Lipinski definition) is 3. The fraction of sp³-hybridized carbons (Fsp3) is 0.0800. The van der Waals surface area contributed by atoms with Crippen LogP contribution in [0.25, 0.3) is 0 Å². The predicted octanol–water partition coefficient (Wildman–Crippen LogP) is 6.49. The Morgan fingerprint density at radius 2 is 1.26 bits per heavy atom. The number of hydrogen-bond donors (Lipinski definition) is 0. The van der Waals surface area contributed by atoms with Gasteiger partial charge in [0.2, 0.25) is 0 Å². The maximum atomic E-state index is 15.0. The molecule has 0 radical (unpaired) electrons. The summed E-state index contributed by atoms with van der Waals surface area (Å²) < 4.78 is 45.5. The van der Waals surface area contributed by atoms with Crippen LogP contribution in [0.2, 0.25) is 15.1 Å². The third kappa shape index (κ3) is 4.02. The van der Waals surface area contributed by atoms with Gasteiger partial charge in [-0.05, 0) is 53.6 Å². The molecule has 1 aliphatic rings. The van der Waals surface area contributed by atoms with Gasteiger partial charge in [0, 0.05) is 16.1 Å². The first-order valence-electron chi connectivity index (χ1n) is 10.4. The molecule has 35 heavy (non-hydrogen) atoms. The number of sulfonamides is 1. The maximum absolute atomic E-state index is 15.0. The molecular weight excluding hydrogens is 534 g/mol. The minimum absolute atomic E-state index is 0.0942. The molecule has 0 saturated heterocycles. The van der Waals surface area contributed by atoms with E-state index in [4.69, 9.17) is 34.8 Å². The summed E-state index contributed by atoms with van der Waals surface area (Å²) in [7, 11) is -4.52. The lowest BCUT2D eigenvalue weighted by atomic mass is 9.94. The van der Waals surface area contributed by atoms with Crippen LogP contribution in [0.1, 0.15) is 23.2 Å². The molecule has 5 rings (SSSR count). The summed E-state index contributed by atoms with van der Waals surface area (Å²) in [6.45, 7) is 0. The van der Waals surface area contributed by atoms with Crippen LogP contribution >= 0.6 is 34.8 Å². The number of rotatable bonds is 4. The molecule has 0 amide bonds. The Hall–Kier alpha value is -2.84. The van der Waals surface area contributed by atoms with Gasteiger partial charge < -0.3 is 0 Å². The normalized spacial score (nSPS) is 17.4. The van der Waals surface area contributed by atoms with Crippen molar-refractivity contribution in [3.8, 4) is 0 Å². The molecule has 178 valence electrons. The van der Waals surface area contributed by atoms with E-state index < -0.39 is 38.4 Å². The number of halogens is 4. The van der Waals surface area contributed by atoms with Gasteiger partial charge >= 0.3 is 0 Å². The van der Waals surface area contributed by atoms with Crippen LogP contribution in [-0.2, 0) is 10.0 Å². The second-order valence-corrected chi connectivity index (χ2v) is 11.0. The fourth-order valence-corrected chi connectivity index (χ4v) is 6.60. The zero-order valence-electron chi connectivity index (χ0n) is 17.8. The summed E-state index contributed by atoms with van der Waals surface area (Å²) in [6.07, 6.45) is 0. The smallest absolute Gasteiger partial charge is 0.269 e. The Balaban J connectivity index is 1.83. The molecule has 0 spiro atoms. The summed E-state index contributed by atoms with van der Waals surface area (Å²) in [6, 6.07) is 19.8. The number of pyridine rings is 1. The zero-order chi connectivity index (χ0) is 24.9. The van der Waals surface area contributed by atoms with Crippen molar-refractivity contribution in [1.82, 2.24) is 4.57 Å². The highest BCUT2D eigenvalue weighted by Crippen LogP contribution is 2.49. The van der Waals surface area contributed by atoms with E-state index >= 15 is 4.39 Å². The topological polar surface area (TPSA) is 59.4 Å². The molecule has 3 aromatic carbocycles. The largest absolute Gasteiger partial charge is 0.284 e. The summed E-state index contributed by atoms with van der Waals surface area (Å²) >= 11 is 18.1. The van der Waals surface area contributed by atoms with Crippen LogP contribution < -0.4 is 9.86 Å². The molecule has 1 aliphatic heterocycles. The first kappa shape index (κ1) is 23.9. The first-order chi connectivity index (χ1) is 16.7. The summed E-state index contributed by atoms with van der Waals surface area (Å²) in [5.41, 5.74) is 0.794. The number of anilines is 1. The van der Waals surface area contributed by atoms with E-state index in [1.807, 2.05) is 0 Å². The van der Waals surface area contributed by atoms with E-state index in [-0.39, 0.29) is 10.8 Å². The van der Waals surface area contributed by atoms with Gasteiger partial charge in [-0.25, -0.2) is 17.1 Å². The second kappa shape index (κ2) is 8.99. The van der Waals surface area contributed by atoms with Gasteiger partial charge in [-0.15, -0.1) is 0 Å². The summed E-state index contributed by atoms with van der Waals surface area (Å²) in [4.78, 5) is 12.5. The van der Waals surface area contributed by atoms with Crippen LogP contribution in [-0.4, -0.2) is 13.0 Å². The standard InChI is InChI=1S/C25H16Cl3FN2O3S/c26-17-11-7-15(8-12-17)24-25(16-9-13-18(27)14-10-16)31(21-5-2-6-22(32)30(21)24)35(33,34)20-4-1-3-19(28)23(20)29/h1-14,24-25H/t24-,25+/m0/s1. The van der Waals surface area contributed by atoms with E-state index in [2.05, 4.69) is 0 Å². The molecule has 0 aliphatic carbocycles. The molecule has 1 aromatic heterocycles. The molecule has 0 unspecified atom stereocenters. The van der Waals surface area contributed by atoms with Gasteiger partial charge in [-0.2, -0.15) is 0 Å². The first-order valence-corrected chi connectivity index (χ1v) is 13.0. The molecule has 2 atom stereocenters. The highest BCUT2D eigenvalue weighted by molar-refractivity contribution is 7.92. The average Bonchev–Trinajstić information content (AvgIpc) is 3.19. The lowest BCUT2D eigenvalue weighted by Gasteiger charge is -2.29. The van der Waals surface area contributed by atoms with E-state index in [1.54, 1.807) is 48.5 Å². The highest BCUT2D eigenvalue weighted by atomic mass is 35.5. The third-order valence-electron chi connectivity index (χ3n) is 5.90. The van der Waals surface area contributed by atoms with Gasteiger partial charge in [0.15, 0.2) is 5.82 Å².